The van der Waals surface area contributed by atoms with Crippen molar-refractivity contribution in [3.05, 3.63) is 36.2 Å². The van der Waals surface area contributed by atoms with Crippen molar-refractivity contribution in [2.75, 3.05) is 0 Å². The van der Waals surface area contributed by atoms with Crippen LogP contribution in [0.15, 0.2) is 24.8 Å². The molecular formula is C10H12N4O. The molecule has 5 heteroatoms. The molecule has 2 rings (SSSR count). The Bertz CT molecular complexity index is 444. The van der Waals surface area contributed by atoms with Crippen LogP contribution in [0.3, 0.4) is 0 Å². The maximum absolute atomic E-state index is 11.9. The number of hydrogen-bond acceptors (Lipinski definition) is 3. The lowest BCUT2D eigenvalue weighted by molar-refractivity contribution is 0.102. The lowest BCUT2D eigenvalue weighted by atomic mass is 10.2. The lowest BCUT2D eigenvalue weighted by Crippen LogP contribution is -2.10. The Hall–Kier alpha value is -1.91. The fourth-order valence-electron chi connectivity index (χ4n) is 1.44. The molecular weight excluding hydrogens is 192 g/mol. The van der Waals surface area contributed by atoms with Gasteiger partial charge in [0.15, 0.2) is 5.82 Å². The quantitative estimate of drug-likeness (QED) is 0.762. The largest absolute Gasteiger partial charge is 0.328 e. The molecule has 15 heavy (non-hydrogen) atoms. The van der Waals surface area contributed by atoms with Crippen LogP contribution in [0.4, 0.5) is 0 Å². The van der Waals surface area contributed by atoms with Crippen LogP contribution >= 0.6 is 0 Å². The van der Waals surface area contributed by atoms with Gasteiger partial charge in [0, 0.05) is 25.1 Å². The number of aromatic nitrogens is 4. The van der Waals surface area contributed by atoms with Crippen molar-refractivity contribution in [3.63, 3.8) is 0 Å². The molecule has 0 aromatic carbocycles. The average Bonchev–Trinajstić information content (AvgIpc) is 2.87. The third kappa shape index (κ3) is 1.81. The van der Waals surface area contributed by atoms with Gasteiger partial charge < -0.3 is 4.57 Å². The van der Waals surface area contributed by atoms with E-state index in [1.165, 1.54) is 6.20 Å². The van der Waals surface area contributed by atoms with Crippen LogP contribution < -0.4 is 0 Å². The summed E-state index contributed by atoms with van der Waals surface area (Å²) >= 11 is 0. The van der Waals surface area contributed by atoms with E-state index in [-0.39, 0.29) is 5.78 Å². The average molecular weight is 204 g/mol. The Morgan fingerprint density at radius 1 is 1.60 bits per heavy atom. The highest BCUT2D eigenvalue weighted by molar-refractivity contribution is 6.06. The smallest absolute Gasteiger partial charge is 0.231 e. The first-order valence-corrected chi connectivity index (χ1v) is 4.87. The summed E-state index contributed by atoms with van der Waals surface area (Å²) < 4.78 is 1.86. The maximum atomic E-state index is 11.9. The van der Waals surface area contributed by atoms with Gasteiger partial charge >= 0.3 is 0 Å². The molecule has 5 nitrogen and oxygen atoms in total. The molecule has 78 valence electrons. The Morgan fingerprint density at radius 3 is 3.13 bits per heavy atom. The number of ketones is 1. The number of carbonyl (C=O) groups excluding carboxylic acids is 1. The van der Waals surface area contributed by atoms with Crippen LogP contribution in [0.5, 0.6) is 0 Å². The Morgan fingerprint density at radius 2 is 2.47 bits per heavy atom. The molecule has 0 spiro atoms. The summed E-state index contributed by atoms with van der Waals surface area (Å²) in [6.45, 7) is 2.87. The first kappa shape index (κ1) is 9.64. The first-order valence-electron chi connectivity index (χ1n) is 4.87. The first-order chi connectivity index (χ1) is 7.33. The second-order valence-corrected chi connectivity index (χ2v) is 3.26. The van der Waals surface area contributed by atoms with Gasteiger partial charge in [0.2, 0.25) is 5.78 Å². The highest BCUT2D eigenvalue weighted by atomic mass is 16.1. The van der Waals surface area contributed by atoms with Crippen molar-refractivity contribution in [2.24, 2.45) is 0 Å². The molecule has 0 fully saturated rings. The Balaban J connectivity index is 2.29. The van der Waals surface area contributed by atoms with Gasteiger partial charge in [0.1, 0.15) is 0 Å². The molecule has 2 heterocycles. The Kier molecular flexibility index (Phi) is 2.62. The second kappa shape index (κ2) is 4.08. The number of aromatic amines is 1. The molecule has 2 aromatic heterocycles. The van der Waals surface area contributed by atoms with E-state index in [2.05, 4.69) is 22.1 Å². The van der Waals surface area contributed by atoms with Crippen molar-refractivity contribution in [1.82, 2.24) is 19.7 Å². The van der Waals surface area contributed by atoms with E-state index >= 15 is 0 Å². The third-order valence-electron chi connectivity index (χ3n) is 2.14. The fraction of sp³-hybridized carbons (Fsp3) is 0.300. The van der Waals surface area contributed by atoms with E-state index in [1.54, 1.807) is 12.4 Å². The van der Waals surface area contributed by atoms with Crippen LogP contribution in [0.2, 0.25) is 0 Å². The molecule has 0 radical (unpaired) electrons. The Labute approximate surface area is 87.1 Å². The summed E-state index contributed by atoms with van der Waals surface area (Å²) in [4.78, 5) is 16.0. The molecule has 0 bridgehead atoms. The summed E-state index contributed by atoms with van der Waals surface area (Å²) in [5.41, 5.74) is 0.540. The van der Waals surface area contributed by atoms with E-state index in [0.29, 0.717) is 11.4 Å². The molecule has 0 aliphatic carbocycles. The van der Waals surface area contributed by atoms with Crippen LogP contribution in [-0.2, 0) is 6.54 Å². The summed E-state index contributed by atoms with van der Waals surface area (Å²) in [6.07, 6.45) is 7.52. The van der Waals surface area contributed by atoms with E-state index in [1.807, 2.05) is 10.8 Å². The minimum atomic E-state index is -0.0952. The number of imidazole rings is 1. The number of rotatable bonds is 4. The second-order valence-electron chi connectivity index (χ2n) is 3.26. The molecule has 0 saturated carbocycles. The van der Waals surface area contributed by atoms with Crippen molar-refractivity contribution in [1.29, 1.82) is 0 Å². The minimum Gasteiger partial charge on any atom is -0.328 e. The lowest BCUT2D eigenvalue weighted by Gasteiger charge is -2.03. The summed E-state index contributed by atoms with van der Waals surface area (Å²) in [5, 5.41) is 6.36. The molecule has 0 saturated heterocycles. The number of hydrogen-bond donors (Lipinski definition) is 1. The zero-order valence-electron chi connectivity index (χ0n) is 8.47. The van der Waals surface area contributed by atoms with Crippen LogP contribution in [0, 0.1) is 0 Å². The molecule has 1 N–H and O–H groups in total. The third-order valence-corrected chi connectivity index (χ3v) is 2.14. The molecule has 2 aromatic rings. The molecule has 0 atom stereocenters. The van der Waals surface area contributed by atoms with E-state index in [4.69, 9.17) is 0 Å². The number of nitrogens with one attached hydrogen (secondary N) is 1. The van der Waals surface area contributed by atoms with Crippen molar-refractivity contribution in [2.45, 2.75) is 19.9 Å². The molecule has 0 aliphatic heterocycles. The molecule has 0 amide bonds. The monoisotopic (exact) mass is 204 g/mol. The van der Waals surface area contributed by atoms with Gasteiger partial charge in [-0.15, -0.1) is 0 Å². The van der Waals surface area contributed by atoms with Crippen LogP contribution in [0.25, 0.3) is 0 Å². The van der Waals surface area contributed by atoms with Gasteiger partial charge in [-0.1, -0.05) is 6.92 Å². The van der Waals surface area contributed by atoms with Gasteiger partial charge in [0.25, 0.3) is 0 Å². The van der Waals surface area contributed by atoms with Crippen molar-refractivity contribution in [3.8, 4) is 0 Å². The summed E-state index contributed by atoms with van der Waals surface area (Å²) in [5.74, 6) is 0.375. The zero-order chi connectivity index (χ0) is 10.7. The van der Waals surface area contributed by atoms with E-state index < -0.39 is 0 Å². The van der Waals surface area contributed by atoms with Gasteiger partial charge in [-0.25, -0.2) is 4.98 Å². The van der Waals surface area contributed by atoms with Crippen molar-refractivity contribution >= 4 is 5.78 Å². The highest BCUT2D eigenvalue weighted by Gasteiger charge is 2.15. The molecule has 0 unspecified atom stereocenters. The van der Waals surface area contributed by atoms with Gasteiger partial charge in [-0.3, -0.25) is 9.89 Å². The maximum Gasteiger partial charge on any atom is 0.231 e. The number of aryl methyl sites for hydroxylation is 1. The topological polar surface area (TPSA) is 63.6 Å². The predicted octanol–water partition coefficient (Wildman–Crippen LogP) is 1.25. The standard InChI is InChI=1S/C10H12N4O/c1-2-4-14-5-3-11-10(14)9(15)8-6-12-13-7-8/h3,5-7H,2,4H2,1H3,(H,12,13). The fourth-order valence-corrected chi connectivity index (χ4v) is 1.44. The summed E-state index contributed by atoms with van der Waals surface area (Å²) in [7, 11) is 0. The van der Waals surface area contributed by atoms with Gasteiger partial charge in [-0.05, 0) is 6.42 Å². The normalized spacial score (nSPS) is 10.5. The van der Waals surface area contributed by atoms with Gasteiger partial charge in [-0.2, -0.15) is 5.10 Å². The van der Waals surface area contributed by atoms with Crippen LogP contribution in [0.1, 0.15) is 29.5 Å². The number of nitrogens with zero attached hydrogens (tertiary/aromatic N) is 3. The predicted molar refractivity (Wildman–Crippen MR) is 54.5 cm³/mol. The zero-order valence-corrected chi connectivity index (χ0v) is 8.47. The summed E-state index contributed by atoms with van der Waals surface area (Å²) in [6, 6.07) is 0. The number of carbonyl (C=O) groups is 1. The number of H-pyrrole nitrogens is 1. The van der Waals surface area contributed by atoms with Crippen LogP contribution in [-0.4, -0.2) is 25.5 Å². The van der Waals surface area contributed by atoms with E-state index in [0.717, 1.165) is 13.0 Å². The van der Waals surface area contributed by atoms with Gasteiger partial charge in [0.05, 0.1) is 11.8 Å². The van der Waals surface area contributed by atoms with E-state index in [9.17, 15) is 4.79 Å². The minimum absolute atomic E-state index is 0.0952. The van der Waals surface area contributed by atoms with Crippen molar-refractivity contribution < 1.29 is 4.79 Å². The molecule has 0 aliphatic rings. The highest BCUT2D eigenvalue weighted by Crippen LogP contribution is 2.06. The SMILES string of the molecule is CCCn1ccnc1C(=O)c1cn[nH]c1.